The molecule has 0 spiro atoms. The molecule has 1 atom stereocenters. The third-order valence-electron chi connectivity index (χ3n) is 11.2. The number of anilines is 1. The van der Waals surface area contributed by atoms with Gasteiger partial charge in [0.25, 0.3) is 5.91 Å². The number of esters is 2. The van der Waals surface area contributed by atoms with E-state index < -0.39 is 11.9 Å². The van der Waals surface area contributed by atoms with E-state index in [4.69, 9.17) is 18.9 Å². The third-order valence-corrected chi connectivity index (χ3v) is 11.2. The van der Waals surface area contributed by atoms with Crippen molar-refractivity contribution < 1.29 is 43.0 Å². The zero-order chi connectivity index (χ0) is 44.2. The van der Waals surface area contributed by atoms with Gasteiger partial charge in [0.2, 0.25) is 5.69 Å². The minimum Gasteiger partial charge on any atom is -0.594 e. The predicted octanol–water partition coefficient (Wildman–Crippen LogP) is 7.94. The highest BCUT2D eigenvalue weighted by atomic mass is 16.5. The summed E-state index contributed by atoms with van der Waals surface area (Å²) in [7, 11) is 3.13. The molecule has 1 amide bonds. The average Bonchev–Trinajstić information content (AvgIpc) is 3.91. The molecule has 1 aliphatic carbocycles. The Bertz CT molecular complexity index is 2700. The van der Waals surface area contributed by atoms with E-state index in [9.17, 15) is 24.4 Å². The van der Waals surface area contributed by atoms with Gasteiger partial charge in [-0.25, -0.2) is 19.0 Å². The number of azo groups is 1. The lowest BCUT2D eigenvalue weighted by atomic mass is 9.82. The Morgan fingerprint density at radius 3 is 1.78 bits per heavy atom. The summed E-state index contributed by atoms with van der Waals surface area (Å²) in [6.45, 7) is 4.08. The first kappa shape index (κ1) is 42.1. The fraction of sp³-hybridized carbons (Fsp3) is 0.277. The van der Waals surface area contributed by atoms with Gasteiger partial charge in [-0.1, -0.05) is 17.0 Å². The second-order valence-corrected chi connectivity index (χ2v) is 14.9. The SMILES string of the molecule is CCOC(=O)c1nn(-c2ccc(OC)cc2)c2c1CCC(CCc1ccc(N=[N+]([O-])c3ccc(N4CCc5c(C(=O)OCC)nn(-c6ccc(OC)cc6)c5C4=O)cc3)cc1)C2=O. The Hall–Kier alpha value is -7.62. The van der Waals surface area contributed by atoms with Gasteiger partial charge in [0.15, 0.2) is 17.2 Å². The topological polar surface area (TPSA) is 183 Å². The molecule has 0 bridgehead atoms. The average molecular weight is 852 g/mol. The molecule has 0 fully saturated rings. The lowest BCUT2D eigenvalue weighted by Gasteiger charge is -2.27. The van der Waals surface area contributed by atoms with E-state index in [1.54, 1.807) is 123 Å². The second kappa shape index (κ2) is 18.2. The van der Waals surface area contributed by atoms with Crippen molar-refractivity contribution in [3.63, 3.8) is 0 Å². The van der Waals surface area contributed by atoms with Crippen LogP contribution in [-0.4, -0.2) is 82.0 Å². The fourth-order valence-electron chi connectivity index (χ4n) is 8.01. The molecule has 4 aromatic carbocycles. The summed E-state index contributed by atoms with van der Waals surface area (Å²) in [4.78, 5) is 56.0. The first-order valence-corrected chi connectivity index (χ1v) is 20.7. The number of carbonyl (C=O) groups is 4. The number of Topliss-reactive ketones (excluding diaryl/α,β-unsaturated/α-hetero) is 1. The maximum Gasteiger partial charge on any atom is 0.359 e. The first-order valence-electron chi connectivity index (χ1n) is 20.7. The molecule has 6 aromatic rings. The van der Waals surface area contributed by atoms with E-state index in [0.29, 0.717) is 88.0 Å². The number of aromatic nitrogens is 4. The summed E-state index contributed by atoms with van der Waals surface area (Å²) >= 11 is 0. The van der Waals surface area contributed by atoms with E-state index in [0.717, 1.165) is 5.56 Å². The zero-order valence-corrected chi connectivity index (χ0v) is 35.3. The monoisotopic (exact) mass is 851 g/mol. The van der Waals surface area contributed by atoms with Crippen molar-refractivity contribution in [1.29, 1.82) is 0 Å². The van der Waals surface area contributed by atoms with Crippen LogP contribution in [0.5, 0.6) is 11.5 Å². The van der Waals surface area contributed by atoms with E-state index in [1.807, 2.05) is 12.1 Å². The quantitative estimate of drug-likeness (QED) is 0.0449. The van der Waals surface area contributed by atoms with Crippen LogP contribution < -0.4 is 14.4 Å². The molecule has 16 nitrogen and oxygen atoms in total. The molecule has 322 valence electrons. The van der Waals surface area contributed by atoms with Gasteiger partial charge in [-0.05, 0) is 124 Å². The summed E-state index contributed by atoms with van der Waals surface area (Å²) in [6, 6.07) is 28.0. The van der Waals surface area contributed by atoms with Crippen molar-refractivity contribution in [2.45, 2.75) is 46.0 Å². The van der Waals surface area contributed by atoms with Crippen molar-refractivity contribution in [3.8, 4) is 22.9 Å². The molecule has 3 heterocycles. The van der Waals surface area contributed by atoms with Gasteiger partial charge in [-0.3, -0.25) is 9.59 Å². The normalized spacial score (nSPS) is 14.8. The minimum absolute atomic E-state index is 0.0764. The number of carbonyl (C=O) groups excluding carboxylic acids is 4. The van der Waals surface area contributed by atoms with Gasteiger partial charge in [-0.2, -0.15) is 10.2 Å². The highest BCUT2D eigenvalue weighted by molar-refractivity contribution is 6.09. The number of hydrogen-bond donors (Lipinski definition) is 0. The molecule has 0 N–H and O–H groups in total. The van der Waals surface area contributed by atoms with Crippen LogP contribution in [0.4, 0.5) is 17.1 Å². The van der Waals surface area contributed by atoms with Gasteiger partial charge < -0.3 is 29.1 Å². The number of ether oxygens (including phenoxy) is 4. The molecular formula is C47H45N7O9. The van der Waals surface area contributed by atoms with Crippen molar-refractivity contribution in [3.05, 3.63) is 142 Å². The van der Waals surface area contributed by atoms with Crippen LogP contribution in [0.1, 0.15) is 85.3 Å². The zero-order valence-electron chi connectivity index (χ0n) is 35.3. The van der Waals surface area contributed by atoms with E-state index >= 15 is 0 Å². The summed E-state index contributed by atoms with van der Waals surface area (Å²) < 4.78 is 24.1. The Kier molecular flexibility index (Phi) is 12.1. The number of benzene rings is 4. The van der Waals surface area contributed by atoms with Gasteiger partial charge in [-0.15, -0.1) is 0 Å². The standard InChI is InChI=1S/C47H45N7O9/c1-5-62-46(57)40-38-26-11-30(44(55)42(38)52(49-40)33-18-22-36(60-3)23-19-33)10-7-29-8-12-31(13-9-29)48-54(59)35-16-14-32(15-17-35)51-28-27-39-41(47(58)63-6-2)50-53(43(39)45(51)56)34-20-24-37(61-4)25-21-34/h8-9,12-25,30H,5-7,10-11,26-28H2,1-4H3. The highest BCUT2D eigenvalue weighted by Crippen LogP contribution is 2.34. The van der Waals surface area contributed by atoms with E-state index in [1.165, 1.54) is 4.68 Å². The van der Waals surface area contributed by atoms with Crippen LogP contribution in [0.2, 0.25) is 0 Å². The maximum atomic E-state index is 14.1. The van der Waals surface area contributed by atoms with Crippen LogP contribution in [-0.2, 0) is 28.7 Å². The van der Waals surface area contributed by atoms with Gasteiger partial charge in [0.05, 0.1) is 38.8 Å². The highest BCUT2D eigenvalue weighted by Gasteiger charge is 2.37. The van der Waals surface area contributed by atoms with Crippen LogP contribution in [0.25, 0.3) is 11.4 Å². The molecule has 2 aromatic heterocycles. The number of hydrogen-bond acceptors (Lipinski definition) is 12. The molecule has 1 aliphatic heterocycles. The lowest BCUT2D eigenvalue weighted by molar-refractivity contribution is -0.435. The Morgan fingerprint density at radius 1 is 0.714 bits per heavy atom. The van der Waals surface area contributed by atoms with Crippen LogP contribution in [0.3, 0.4) is 0 Å². The molecule has 0 radical (unpaired) electrons. The fourth-order valence-corrected chi connectivity index (χ4v) is 8.01. The van der Waals surface area contributed by atoms with Crippen molar-refractivity contribution in [1.82, 2.24) is 19.6 Å². The van der Waals surface area contributed by atoms with Crippen LogP contribution >= 0.6 is 0 Å². The Labute approximate surface area is 362 Å². The number of nitrogens with zero attached hydrogens (tertiary/aromatic N) is 7. The summed E-state index contributed by atoms with van der Waals surface area (Å²) in [5.41, 5.74) is 5.47. The molecule has 16 heteroatoms. The van der Waals surface area contributed by atoms with Gasteiger partial charge in [0, 0.05) is 46.5 Å². The number of methoxy groups -OCH3 is 2. The second-order valence-electron chi connectivity index (χ2n) is 14.9. The third kappa shape index (κ3) is 8.39. The number of fused-ring (bicyclic) bond motifs is 2. The molecule has 1 unspecified atom stereocenters. The number of aryl methyl sites for hydroxylation is 1. The Balaban J connectivity index is 0.939. The maximum absolute atomic E-state index is 14.1. The summed E-state index contributed by atoms with van der Waals surface area (Å²) in [5, 5.41) is 26.5. The molecule has 0 saturated heterocycles. The molecule has 63 heavy (non-hydrogen) atoms. The van der Waals surface area contributed by atoms with Crippen molar-refractivity contribution in [2.75, 3.05) is 38.9 Å². The smallest absolute Gasteiger partial charge is 0.359 e. The molecular weight excluding hydrogens is 807 g/mol. The Morgan fingerprint density at radius 2 is 1.24 bits per heavy atom. The predicted molar refractivity (Wildman–Crippen MR) is 230 cm³/mol. The van der Waals surface area contributed by atoms with Crippen LogP contribution in [0.15, 0.2) is 102 Å². The van der Waals surface area contributed by atoms with Gasteiger partial charge >= 0.3 is 11.9 Å². The summed E-state index contributed by atoms with van der Waals surface area (Å²) in [5.74, 6) is -0.584. The molecule has 8 rings (SSSR count). The lowest BCUT2D eigenvalue weighted by Crippen LogP contribution is -2.39. The molecule has 0 saturated carbocycles. The number of ketones is 1. The number of rotatable bonds is 14. The van der Waals surface area contributed by atoms with Gasteiger partial charge in [0.1, 0.15) is 28.6 Å². The van der Waals surface area contributed by atoms with Crippen molar-refractivity contribution >= 4 is 40.7 Å². The van der Waals surface area contributed by atoms with Crippen molar-refractivity contribution in [2.24, 2.45) is 11.0 Å². The summed E-state index contributed by atoms with van der Waals surface area (Å²) in [6.07, 6.45) is 2.63. The molecule has 2 aliphatic rings. The first-order chi connectivity index (χ1) is 30.6. The number of amides is 1. The van der Waals surface area contributed by atoms with Crippen LogP contribution in [0, 0.1) is 11.1 Å². The van der Waals surface area contributed by atoms with E-state index in [2.05, 4.69) is 15.3 Å². The van der Waals surface area contributed by atoms with E-state index in [-0.39, 0.29) is 60.1 Å². The minimum atomic E-state index is -0.598. The largest absolute Gasteiger partial charge is 0.594 e.